The number of carbonyl (C=O) groups is 3. The van der Waals surface area contributed by atoms with E-state index in [2.05, 4.69) is 17.6 Å². The van der Waals surface area contributed by atoms with E-state index in [-0.39, 0.29) is 16.6 Å². The highest BCUT2D eigenvalue weighted by Gasteiger charge is 2.39. The van der Waals surface area contributed by atoms with Crippen LogP contribution in [0.4, 0.5) is 17.1 Å². The van der Waals surface area contributed by atoms with Gasteiger partial charge in [-0.15, -0.1) is 0 Å². The van der Waals surface area contributed by atoms with E-state index in [1.54, 1.807) is 36.4 Å². The van der Waals surface area contributed by atoms with E-state index in [4.69, 9.17) is 11.6 Å². The minimum absolute atomic E-state index is 0.0250. The minimum atomic E-state index is -0.589. The fraction of sp³-hybridized carbons (Fsp3) is 0.179. The lowest BCUT2D eigenvalue weighted by Crippen LogP contribution is -2.32. The first-order valence-electron chi connectivity index (χ1n) is 11.5. The van der Waals surface area contributed by atoms with Gasteiger partial charge in [-0.1, -0.05) is 55.3 Å². The van der Waals surface area contributed by atoms with Gasteiger partial charge in [0.1, 0.15) is 10.7 Å². The van der Waals surface area contributed by atoms with Gasteiger partial charge in [0.15, 0.2) is 0 Å². The van der Waals surface area contributed by atoms with E-state index in [0.29, 0.717) is 22.6 Å². The number of carbonyl (C=O) groups excluding carboxylic acids is 3. The van der Waals surface area contributed by atoms with E-state index in [0.717, 1.165) is 35.3 Å². The number of aryl methyl sites for hydroxylation is 2. The molecule has 0 fully saturated rings. The fourth-order valence-electron chi connectivity index (χ4n) is 3.85. The molecule has 1 aliphatic rings. The summed E-state index contributed by atoms with van der Waals surface area (Å²) in [5.41, 5.74) is 4.16. The van der Waals surface area contributed by atoms with Gasteiger partial charge in [0, 0.05) is 16.9 Å². The molecule has 0 aromatic heterocycles. The lowest BCUT2D eigenvalue weighted by Gasteiger charge is -2.16. The molecule has 0 saturated heterocycles. The van der Waals surface area contributed by atoms with Crippen LogP contribution in [0, 0.1) is 6.92 Å². The van der Waals surface area contributed by atoms with Crippen molar-refractivity contribution < 1.29 is 14.4 Å². The average molecular weight is 488 g/mol. The summed E-state index contributed by atoms with van der Waals surface area (Å²) >= 11 is 6.27. The second kappa shape index (κ2) is 10.6. The van der Waals surface area contributed by atoms with Gasteiger partial charge in [-0.2, -0.15) is 0 Å². The van der Waals surface area contributed by atoms with Crippen LogP contribution in [0.2, 0.25) is 0 Å². The smallest absolute Gasteiger partial charge is 0.283 e. The Bertz CT molecular complexity index is 1320. The molecule has 7 heteroatoms. The first-order valence-corrected chi connectivity index (χ1v) is 11.9. The fourth-order valence-corrected chi connectivity index (χ4v) is 4.06. The Morgan fingerprint density at radius 1 is 0.914 bits per heavy atom. The molecular weight excluding hydrogens is 462 g/mol. The van der Waals surface area contributed by atoms with E-state index in [1.165, 1.54) is 0 Å². The second-order valence-corrected chi connectivity index (χ2v) is 8.81. The van der Waals surface area contributed by atoms with Crippen molar-refractivity contribution >= 4 is 46.4 Å². The van der Waals surface area contributed by atoms with Crippen molar-refractivity contribution in [1.82, 2.24) is 0 Å². The van der Waals surface area contributed by atoms with Crippen molar-refractivity contribution in [2.45, 2.75) is 33.1 Å². The molecule has 0 radical (unpaired) electrons. The first kappa shape index (κ1) is 24.2. The van der Waals surface area contributed by atoms with Gasteiger partial charge in [-0.05, 0) is 73.4 Å². The van der Waals surface area contributed by atoms with Crippen LogP contribution in [0.1, 0.15) is 41.3 Å². The summed E-state index contributed by atoms with van der Waals surface area (Å²) in [5.74, 6) is -1.43. The third-order valence-electron chi connectivity index (χ3n) is 5.71. The molecule has 0 atom stereocenters. The molecular formula is C28H26ClN3O3. The lowest BCUT2D eigenvalue weighted by atomic mass is 10.1. The summed E-state index contributed by atoms with van der Waals surface area (Å²) in [7, 11) is 0. The Hall–Kier alpha value is -3.90. The van der Waals surface area contributed by atoms with Gasteiger partial charge < -0.3 is 10.6 Å². The number of rotatable bonds is 8. The van der Waals surface area contributed by atoms with Crippen molar-refractivity contribution in [3.8, 4) is 0 Å². The Balaban J connectivity index is 1.49. The molecule has 2 N–H and O–H groups in total. The molecule has 3 amide bonds. The standard InChI is InChI=1S/C28H26ClN3O3/c1-3-4-8-19-12-14-23(15-13-19)32-27(34)24(29)25(28(32)35)30-22-11-6-9-20(17-22)26(33)31-21-10-5-7-18(2)16-21/h5-7,9-17,30H,3-4,8H2,1-2H3,(H,31,33). The van der Waals surface area contributed by atoms with Crippen LogP contribution in [0.15, 0.2) is 83.5 Å². The molecule has 1 heterocycles. The zero-order chi connectivity index (χ0) is 24.9. The third-order valence-corrected chi connectivity index (χ3v) is 6.06. The SMILES string of the molecule is CCCCc1ccc(N2C(=O)C(Cl)=C(Nc3cccc(C(=O)Nc4cccc(C)c4)c3)C2=O)cc1. The van der Waals surface area contributed by atoms with Crippen LogP contribution < -0.4 is 15.5 Å². The maximum Gasteiger partial charge on any atom is 0.283 e. The number of halogens is 1. The van der Waals surface area contributed by atoms with Crippen molar-refractivity contribution in [3.05, 3.63) is 100 Å². The molecule has 1 aliphatic heterocycles. The summed E-state index contributed by atoms with van der Waals surface area (Å²) in [6.07, 6.45) is 3.11. The lowest BCUT2D eigenvalue weighted by molar-refractivity contribution is -0.120. The summed E-state index contributed by atoms with van der Waals surface area (Å²) in [6.45, 7) is 4.08. The van der Waals surface area contributed by atoms with Crippen LogP contribution in [-0.4, -0.2) is 17.7 Å². The summed E-state index contributed by atoms with van der Waals surface area (Å²) < 4.78 is 0. The number of unbranched alkanes of at least 4 members (excludes halogenated alkanes) is 1. The number of amides is 3. The van der Waals surface area contributed by atoms with Gasteiger partial charge in [0.2, 0.25) is 0 Å². The molecule has 0 aliphatic carbocycles. The van der Waals surface area contributed by atoms with Gasteiger partial charge >= 0.3 is 0 Å². The summed E-state index contributed by atoms with van der Waals surface area (Å²) in [5, 5.41) is 5.60. The number of hydrogen-bond acceptors (Lipinski definition) is 4. The zero-order valence-corrected chi connectivity index (χ0v) is 20.4. The van der Waals surface area contributed by atoms with Crippen LogP contribution >= 0.6 is 11.6 Å². The topological polar surface area (TPSA) is 78.5 Å². The first-order chi connectivity index (χ1) is 16.9. The molecule has 0 bridgehead atoms. The highest BCUT2D eigenvalue weighted by Crippen LogP contribution is 2.30. The molecule has 3 aromatic carbocycles. The third kappa shape index (κ3) is 5.44. The summed E-state index contributed by atoms with van der Waals surface area (Å²) in [4.78, 5) is 39.7. The number of anilines is 3. The van der Waals surface area contributed by atoms with Gasteiger partial charge in [0.25, 0.3) is 17.7 Å². The molecule has 0 saturated carbocycles. The molecule has 178 valence electrons. The van der Waals surface area contributed by atoms with Crippen LogP contribution in [-0.2, 0) is 16.0 Å². The Morgan fingerprint density at radius 2 is 1.63 bits per heavy atom. The van der Waals surface area contributed by atoms with E-state index in [9.17, 15) is 14.4 Å². The predicted molar refractivity (Wildman–Crippen MR) is 140 cm³/mol. The number of imide groups is 1. The van der Waals surface area contributed by atoms with E-state index < -0.39 is 11.8 Å². The molecule has 35 heavy (non-hydrogen) atoms. The molecule has 6 nitrogen and oxygen atoms in total. The van der Waals surface area contributed by atoms with E-state index in [1.807, 2.05) is 43.3 Å². The van der Waals surface area contributed by atoms with Gasteiger partial charge in [0.05, 0.1) is 5.69 Å². The average Bonchev–Trinajstić information content (AvgIpc) is 3.06. The number of hydrogen-bond donors (Lipinski definition) is 2. The number of benzene rings is 3. The maximum atomic E-state index is 13.1. The Morgan fingerprint density at radius 3 is 2.34 bits per heavy atom. The van der Waals surface area contributed by atoms with Crippen molar-refractivity contribution in [1.29, 1.82) is 0 Å². The van der Waals surface area contributed by atoms with Crippen molar-refractivity contribution in [2.75, 3.05) is 15.5 Å². The zero-order valence-electron chi connectivity index (χ0n) is 19.6. The normalized spacial score (nSPS) is 13.4. The molecule has 4 rings (SSSR count). The maximum absolute atomic E-state index is 13.1. The summed E-state index contributed by atoms with van der Waals surface area (Å²) in [6, 6.07) is 21.5. The minimum Gasteiger partial charge on any atom is -0.350 e. The largest absolute Gasteiger partial charge is 0.350 e. The van der Waals surface area contributed by atoms with Crippen molar-refractivity contribution in [2.24, 2.45) is 0 Å². The quantitative estimate of drug-likeness (QED) is 0.380. The number of nitrogens with zero attached hydrogens (tertiary/aromatic N) is 1. The van der Waals surface area contributed by atoms with E-state index >= 15 is 0 Å². The molecule has 3 aromatic rings. The van der Waals surface area contributed by atoms with Gasteiger partial charge in [-0.25, -0.2) is 4.90 Å². The highest BCUT2D eigenvalue weighted by molar-refractivity contribution is 6.53. The Labute approximate surface area is 209 Å². The molecule has 0 spiro atoms. The highest BCUT2D eigenvalue weighted by atomic mass is 35.5. The predicted octanol–water partition coefficient (Wildman–Crippen LogP) is 6.03. The molecule has 0 unspecified atom stereocenters. The van der Waals surface area contributed by atoms with Crippen LogP contribution in [0.5, 0.6) is 0 Å². The van der Waals surface area contributed by atoms with Crippen LogP contribution in [0.3, 0.4) is 0 Å². The monoisotopic (exact) mass is 487 g/mol. The van der Waals surface area contributed by atoms with Gasteiger partial charge in [-0.3, -0.25) is 14.4 Å². The second-order valence-electron chi connectivity index (χ2n) is 8.43. The van der Waals surface area contributed by atoms with Crippen LogP contribution in [0.25, 0.3) is 0 Å². The Kier molecular flexibility index (Phi) is 7.32. The van der Waals surface area contributed by atoms with Crippen molar-refractivity contribution in [3.63, 3.8) is 0 Å². The number of nitrogens with one attached hydrogen (secondary N) is 2.